The van der Waals surface area contributed by atoms with Crippen LogP contribution in [0.2, 0.25) is 0 Å². The lowest BCUT2D eigenvalue weighted by Crippen LogP contribution is -2.13. The predicted octanol–water partition coefficient (Wildman–Crippen LogP) is 1.38. The SMILES string of the molecule is CS(=O)(=O)Nc1cc(C2=N[N]C=N2)cc(C(F)(F)F)c1. The molecule has 0 unspecified atom stereocenters. The Morgan fingerprint density at radius 1 is 1.20 bits per heavy atom. The van der Waals surface area contributed by atoms with E-state index in [2.05, 4.69) is 15.5 Å². The van der Waals surface area contributed by atoms with Crippen molar-refractivity contribution in [3.8, 4) is 0 Å². The minimum absolute atomic E-state index is 0.0171. The first-order valence-electron chi connectivity index (χ1n) is 5.16. The first kappa shape index (κ1) is 14.3. The third kappa shape index (κ3) is 3.47. The largest absolute Gasteiger partial charge is 0.416 e. The van der Waals surface area contributed by atoms with Gasteiger partial charge < -0.3 is 0 Å². The lowest BCUT2D eigenvalue weighted by molar-refractivity contribution is -0.137. The molecule has 1 aliphatic heterocycles. The van der Waals surface area contributed by atoms with Crippen LogP contribution in [-0.4, -0.2) is 26.8 Å². The standard InChI is InChI=1S/C10H8F3N4O2S/c1-20(18,19)17-8-3-6(9-14-5-15-16-9)2-7(4-8)10(11,12)13/h2-5,17H,1H3. The van der Waals surface area contributed by atoms with Gasteiger partial charge in [0.1, 0.15) is 6.34 Å². The van der Waals surface area contributed by atoms with Gasteiger partial charge in [0.2, 0.25) is 10.0 Å². The minimum atomic E-state index is -4.62. The molecule has 0 bridgehead atoms. The van der Waals surface area contributed by atoms with Gasteiger partial charge in [0.05, 0.1) is 11.8 Å². The molecule has 0 atom stereocenters. The van der Waals surface area contributed by atoms with E-state index in [1.54, 1.807) is 0 Å². The lowest BCUT2D eigenvalue weighted by Gasteiger charge is -2.12. The monoisotopic (exact) mass is 305 g/mol. The third-order valence-electron chi connectivity index (χ3n) is 2.21. The van der Waals surface area contributed by atoms with E-state index < -0.39 is 21.8 Å². The summed E-state index contributed by atoms with van der Waals surface area (Å²) in [5.41, 5.74) is 2.20. The van der Waals surface area contributed by atoms with Gasteiger partial charge in [-0.05, 0) is 18.2 Å². The van der Waals surface area contributed by atoms with E-state index in [9.17, 15) is 21.6 Å². The van der Waals surface area contributed by atoms with E-state index in [0.717, 1.165) is 18.7 Å². The molecule has 6 nitrogen and oxygen atoms in total. The first-order valence-corrected chi connectivity index (χ1v) is 7.05. The molecule has 0 aromatic heterocycles. The Hall–Kier alpha value is -2.10. The van der Waals surface area contributed by atoms with Gasteiger partial charge in [0.25, 0.3) is 0 Å². The molecule has 1 N–H and O–H groups in total. The molecular weight excluding hydrogens is 297 g/mol. The molecule has 1 radical (unpaired) electrons. The molecule has 0 saturated heterocycles. The van der Waals surface area contributed by atoms with Crippen molar-refractivity contribution in [2.24, 2.45) is 10.1 Å². The number of halogens is 3. The fourth-order valence-corrected chi connectivity index (χ4v) is 2.06. The Morgan fingerprint density at radius 3 is 2.40 bits per heavy atom. The molecule has 0 amide bonds. The number of hydrogen-bond donors (Lipinski definition) is 1. The Morgan fingerprint density at radius 2 is 1.90 bits per heavy atom. The number of benzene rings is 1. The van der Waals surface area contributed by atoms with Crippen LogP contribution in [0.5, 0.6) is 0 Å². The molecule has 0 saturated carbocycles. The summed E-state index contributed by atoms with van der Waals surface area (Å²) in [6.07, 6.45) is -2.70. The van der Waals surface area contributed by atoms with Gasteiger partial charge in [0.15, 0.2) is 5.84 Å². The number of amidine groups is 1. The zero-order valence-electron chi connectivity index (χ0n) is 10.0. The van der Waals surface area contributed by atoms with Crippen LogP contribution in [0.4, 0.5) is 18.9 Å². The number of nitrogens with one attached hydrogen (secondary N) is 1. The minimum Gasteiger partial charge on any atom is -0.284 e. The van der Waals surface area contributed by atoms with Gasteiger partial charge in [-0.1, -0.05) is 0 Å². The van der Waals surface area contributed by atoms with Crippen LogP contribution in [0.1, 0.15) is 11.1 Å². The van der Waals surface area contributed by atoms with Crippen molar-refractivity contribution in [1.82, 2.24) is 5.43 Å². The second kappa shape index (κ2) is 4.78. The number of hydrogen-bond acceptors (Lipinski definition) is 4. The molecule has 1 aromatic carbocycles. The summed E-state index contributed by atoms with van der Waals surface area (Å²) in [7, 11) is -3.70. The fourth-order valence-electron chi connectivity index (χ4n) is 1.51. The maximum absolute atomic E-state index is 12.8. The van der Waals surface area contributed by atoms with Crippen LogP contribution < -0.4 is 10.1 Å². The summed E-state index contributed by atoms with van der Waals surface area (Å²) in [6, 6.07) is 2.72. The summed E-state index contributed by atoms with van der Waals surface area (Å²) in [5, 5.41) is 3.54. The second-order valence-corrected chi connectivity index (χ2v) is 5.70. The van der Waals surface area contributed by atoms with Crippen LogP contribution in [0, 0.1) is 0 Å². The fraction of sp³-hybridized carbons (Fsp3) is 0.200. The van der Waals surface area contributed by atoms with E-state index in [1.165, 1.54) is 6.07 Å². The molecule has 107 valence electrons. The average Bonchev–Trinajstić information content (AvgIpc) is 2.78. The van der Waals surface area contributed by atoms with Crippen LogP contribution >= 0.6 is 0 Å². The molecule has 0 spiro atoms. The van der Waals surface area contributed by atoms with Gasteiger partial charge in [-0.2, -0.15) is 13.2 Å². The lowest BCUT2D eigenvalue weighted by atomic mass is 10.1. The molecule has 0 fully saturated rings. The Labute approximate surface area is 112 Å². The van der Waals surface area contributed by atoms with Crippen molar-refractivity contribution in [3.05, 3.63) is 29.3 Å². The van der Waals surface area contributed by atoms with Crippen LogP contribution in [-0.2, 0) is 16.2 Å². The van der Waals surface area contributed by atoms with Gasteiger partial charge in [0, 0.05) is 11.3 Å². The van der Waals surface area contributed by atoms with Gasteiger partial charge >= 0.3 is 6.18 Å². The van der Waals surface area contributed by atoms with Crippen molar-refractivity contribution >= 4 is 27.9 Å². The van der Waals surface area contributed by atoms with Crippen molar-refractivity contribution < 1.29 is 21.6 Å². The molecular formula is C10H8F3N4O2S. The quantitative estimate of drug-likeness (QED) is 0.915. The normalized spacial score (nSPS) is 14.9. The van der Waals surface area contributed by atoms with Gasteiger partial charge in [-0.15, -0.1) is 10.5 Å². The molecule has 2 rings (SSSR count). The number of rotatable bonds is 3. The highest BCUT2D eigenvalue weighted by Crippen LogP contribution is 2.32. The van der Waals surface area contributed by atoms with Gasteiger partial charge in [-0.3, -0.25) is 4.72 Å². The third-order valence-corrected chi connectivity index (χ3v) is 2.81. The summed E-state index contributed by atoms with van der Waals surface area (Å²) >= 11 is 0. The van der Waals surface area contributed by atoms with Crippen LogP contribution in [0.25, 0.3) is 0 Å². The Balaban J connectivity index is 2.52. The van der Waals surface area contributed by atoms with Crippen molar-refractivity contribution in [1.29, 1.82) is 0 Å². The predicted molar refractivity (Wildman–Crippen MR) is 67.1 cm³/mol. The number of nitrogens with zero attached hydrogens (tertiary/aromatic N) is 3. The molecule has 20 heavy (non-hydrogen) atoms. The molecule has 1 aromatic rings. The summed E-state index contributed by atoms with van der Waals surface area (Å²) in [4.78, 5) is 3.68. The van der Waals surface area contributed by atoms with E-state index in [1.807, 2.05) is 4.72 Å². The van der Waals surface area contributed by atoms with E-state index in [4.69, 9.17) is 0 Å². The molecule has 10 heteroatoms. The maximum atomic E-state index is 12.8. The first-order chi connectivity index (χ1) is 9.15. The van der Waals surface area contributed by atoms with E-state index in [-0.39, 0.29) is 17.1 Å². The molecule has 0 aliphatic carbocycles. The maximum Gasteiger partial charge on any atom is 0.416 e. The average molecular weight is 305 g/mol. The number of alkyl halides is 3. The Bertz CT molecular complexity index is 695. The highest BCUT2D eigenvalue weighted by molar-refractivity contribution is 7.92. The van der Waals surface area contributed by atoms with E-state index in [0.29, 0.717) is 6.07 Å². The summed E-state index contributed by atoms with van der Waals surface area (Å²) in [5.74, 6) is -0.0207. The van der Waals surface area contributed by atoms with Crippen molar-refractivity contribution in [3.63, 3.8) is 0 Å². The van der Waals surface area contributed by atoms with Crippen LogP contribution in [0.3, 0.4) is 0 Å². The second-order valence-electron chi connectivity index (χ2n) is 3.95. The molecule has 1 aliphatic rings. The van der Waals surface area contributed by atoms with E-state index >= 15 is 0 Å². The highest BCUT2D eigenvalue weighted by atomic mass is 32.2. The highest BCUT2D eigenvalue weighted by Gasteiger charge is 2.32. The van der Waals surface area contributed by atoms with Crippen molar-refractivity contribution in [2.75, 3.05) is 11.0 Å². The Kier molecular flexibility index (Phi) is 3.42. The smallest absolute Gasteiger partial charge is 0.284 e. The summed E-state index contributed by atoms with van der Waals surface area (Å²) < 4.78 is 62.6. The van der Waals surface area contributed by atoms with Crippen LogP contribution in [0.15, 0.2) is 28.3 Å². The number of anilines is 1. The molecule has 1 heterocycles. The number of aliphatic imine (C=N–C) groups is 1. The number of sulfonamides is 1. The summed E-state index contributed by atoms with van der Waals surface area (Å²) in [6.45, 7) is 0. The van der Waals surface area contributed by atoms with Gasteiger partial charge in [-0.25, -0.2) is 13.4 Å². The zero-order chi connectivity index (χ0) is 15.0. The zero-order valence-corrected chi connectivity index (χ0v) is 10.8. The van der Waals surface area contributed by atoms with Crippen molar-refractivity contribution in [2.45, 2.75) is 6.18 Å². The topological polar surface area (TPSA) is 85.0 Å².